The predicted octanol–water partition coefficient (Wildman–Crippen LogP) is 3.67. The van der Waals surface area contributed by atoms with E-state index in [-0.39, 0.29) is 18.0 Å². The molecule has 0 spiro atoms. The van der Waals surface area contributed by atoms with Gasteiger partial charge in [-0.1, -0.05) is 0 Å². The van der Waals surface area contributed by atoms with Gasteiger partial charge in [0.1, 0.15) is 10.7 Å². The molecule has 10 heteroatoms. The van der Waals surface area contributed by atoms with Crippen molar-refractivity contribution in [1.29, 1.82) is 0 Å². The number of pyridine rings is 1. The van der Waals surface area contributed by atoms with Crippen molar-refractivity contribution in [1.82, 2.24) is 25.2 Å². The molecule has 1 amide bonds. The fourth-order valence-electron chi connectivity index (χ4n) is 3.59. The van der Waals surface area contributed by atoms with Crippen LogP contribution in [0.3, 0.4) is 0 Å². The van der Waals surface area contributed by atoms with Crippen molar-refractivity contribution in [3.63, 3.8) is 0 Å². The van der Waals surface area contributed by atoms with Crippen molar-refractivity contribution < 1.29 is 18.0 Å². The number of amides is 1. The van der Waals surface area contributed by atoms with E-state index in [9.17, 15) is 18.0 Å². The summed E-state index contributed by atoms with van der Waals surface area (Å²) in [6, 6.07) is 3.62. The number of imidazole rings is 1. The van der Waals surface area contributed by atoms with Crippen LogP contribution in [0.1, 0.15) is 36.2 Å². The third-order valence-corrected chi connectivity index (χ3v) is 6.22. The van der Waals surface area contributed by atoms with Gasteiger partial charge in [0.05, 0.1) is 17.6 Å². The molecule has 2 N–H and O–H groups in total. The molecule has 0 aromatic carbocycles. The maximum atomic E-state index is 12.8. The number of hydrogen-bond acceptors (Lipinski definition) is 5. The van der Waals surface area contributed by atoms with Crippen molar-refractivity contribution >= 4 is 27.3 Å². The number of halogens is 3. The van der Waals surface area contributed by atoms with E-state index in [4.69, 9.17) is 0 Å². The van der Waals surface area contributed by atoms with E-state index in [2.05, 4.69) is 20.6 Å². The number of alkyl halides is 3. The van der Waals surface area contributed by atoms with E-state index in [1.165, 1.54) is 11.3 Å². The quantitative estimate of drug-likeness (QED) is 0.657. The number of carbonyl (C=O) groups is 1. The lowest BCUT2D eigenvalue weighted by Gasteiger charge is -2.30. The first kappa shape index (κ1) is 19.8. The van der Waals surface area contributed by atoms with E-state index >= 15 is 0 Å². The summed E-state index contributed by atoms with van der Waals surface area (Å²) in [5, 5.41) is 7.42. The smallest absolute Gasteiger partial charge is 0.348 e. The van der Waals surface area contributed by atoms with Crippen LogP contribution in [0.5, 0.6) is 0 Å². The number of rotatable bonds is 5. The first-order valence-corrected chi connectivity index (χ1v) is 10.2. The Morgan fingerprint density at radius 2 is 1.97 bits per heavy atom. The Hall–Kier alpha value is -2.46. The van der Waals surface area contributed by atoms with Gasteiger partial charge in [-0.25, -0.2) is 9.97 Å². The van der Waals surface area contributed by atoms with Crippen molar-refractivity contribution in [3.8, 4) is 5.00 Å². The molecular weight excluding hydrogens is 403 g/mol. The molecule has 3 heterocycles. The normalized spacial score (nSPS) is 20.1. The topological polar surface area (TPSA) is 71.8 Å². The lowest BCUT2D eigenvalue weighted by atomic mass is 9.91. The molecule has 1 fully saturated rings. The zero-order chi connectivity index (χ0) is 20.4. The van der Waals surface area contributed by atoms with Crippen LogP contribution in [0, 0.1) is 0 Å². The van der Waals surface area contributed by atoms with E-state index < -0.39 is 12.7 Å². The van der Waals surface area contributed by atoms with Gasteiger partial charge in [0.2, 0.25) is 0 Å². The Balaban J connectivity index is 1.40. The summed E-state index contributed by atoms with van der Waals surface area (Å²) in [4.78, 5) is 21.1. The first-order chi connectivity index (χ1) is 13.9. The maximum absolute atomic E-state index is 12.8. The van der Waals surface area contributed by atoms with Gasteiger partial charge in [0, 0.05) is 30.7 Å². The molecule has 3 aromatic heterocycles. The zero-order valence-electron chi connectivity index (χ0n) is 15.4. The Kier molecular flexibility index (Phi) is 5.55. The van der Waals surface area contributed by atoms with Gasteiger partial charge in [-0.3, -0.25) is 9.36 Å². The standard InChI is InChI=1S/C19H20F3N5OS/c20-19(21,22)10-25-13-1-3-14(4-2-13)26-18(28)16-17-12(5-6-24-16)9-15(29-17)27-8-7-23-11-27/h5-9,11,13-14,25H,1-4,10H2,(H,26,28). The van der Waals surface area contributed by atoms with E-state index in [1.807, 2.05) is 22.9 Å². The predicted molar refractivity (Wildman–Crippen MR) is 104 cm³/mol. The minimum Gasteiger partial charge on any atom is -0.348 e. The number of hydrogen-bond donors (Lipinski definition) is 2. The Morgan fingerprint density at radius 3 is 2.66 bits per heavy atom. The van der Waals surface area contributed by atoms with Crippen LogP contribution in [-0.4, -0.2) is 45.2 Å². The fraction of sp³-hybridized carbons (Fsp3) is 0.421. The van der Waals surface area contributed by atoms with Crippen LogP contribution in [0.2, 0.25) is 0 Å². The van der Waals surface area contributed by atoms with Crippen LogP contribution < -0.4 is 10.6 Å². The van der Waals surface area contributed by atoms with Crippen molar-refractivity contribution in [2.45, 2.75) is 43.9 Å². The molecule has 6 nitrogen and oxygen atoms in total. The molecule has 0 bridgehead atoms. The summed E-state index contributed by atoms with van der Waals surface area (Å²) < 4.78 is 39.7. The number of fused-ring (bicyclic) bond motifs is 1. The summed E-state index contributed by atoms with van der Waals surface area (Å²) in [5.74, 6) is -0.249. The molecule has 1 saturated carbocycles. The third-order valence-electron chi connectivity index (χ3n) is 5.05. The van der Waals surface area contributed by atoms with Crippen LogP contribution in [0.25, 0.3) is 15.1 Å². The molecule has 154 valence electrons. The summed E-state index contributed by atoms with van der Waals surface area (Å²) >= 11 is 1.46. The lowest BCUT2D eigenvalue weighted by Crippen LogP contribution is -2.44. The molecule has 29 heavy (non-hydrogen) atoms. The maximum Gasteiger partial charge on any atom is 0.401 e. The Morgan fingerprint density at radius 1 is 1.21 bits per heavy atom. The number of thiophene rings is 1. The summed E-state index contributed by atoms with van der Waals surface area (Å²) in [6.07, 6.45) is 5.11. The van der Waals surface area contributed by atoms with Gasteiger partial charge >= 0.3 is 6.18 Å². The van der Waals surface area contributed by atoms with Gasteiger partial charge in [0.15, 0.2) is 0 Å². The average molecular weight is 423 g/mol. The number of nitrogens with one attached hydrogen (secondary N) is 2. The second-order valence-electron chi connectivity index (χ2n) is 7.15. The number of carbonyl (C=O) groups excluding carboxylic acids is 1. The van der Waals surface area contributed by atoms with Crippen LogP contribution in [-0.2, 0) is 0 Å². The largest absolute Gasteiger partial charge is 0.401 e. The first-order valence-electron chi connectivity index (χ1n) is 9.37. The third kappa shape index (κ3) is 4.76. The SMILES string of the molecule is O=C(NC1CCC(NCC(F)(F)F)CC1)c1nccc2cc(-n3ccnc3)sc12. The number of nitrogens with zero attached hydrogens (tertiary/aromatic N) is 3. The van der Waals surface area contributed by atoms with Gasteiger partial charge < -0.3 is 10.6 Å². The van der Waals surface area contributed by atoms with Gasteiger partial charge in [-0.2, -0.15) is 13.2 Å². The molecule has 1 aliphatic rings. The van der Waals surface area contributed by atoms with Gasteiger partial charge in [-0.15, -0.1) is 11.3 Å². The Labute approximate surface area is 169 Å². The molecule has 0 unspecified atom stereocenters. The molecule has 1 aliphatic carbocycles. The summed E-state index contributed by atoms with van der Waals surface area (Å²) in [5.41, 5.74) is 0.371. The minimum atomic E-state index is -4.20. The molecule has 0 atom stereocenters. The van der Waals surface area contributed by atoms with Crippen LogP contribution in [0.4, 0.5) is 13.2 Å². The highest BCUT2D eigenvalue weighted by Gasteiger charge is 2.30. The molecule has 4 rings (SSSR count). The minimum absolute atomic E-state index is 0.0587. The molecule has 0 radical (unpaired) electrons. The lowest BCUT2D eigenvalue weighted by molar-refractivity contribution is -0.126. The highest BCUT2D eigenvalue weighted by atomic mass is 32.1. The highest BCUT2D eigenvalue weighted by Crippen LogP contribution is 2.30. The summed E-state index contributed by atoms with van der Waals surface area (Å²) in [6.45, 7) is -0.974. The monoisotopic (exact) mass is 423 g/mol. The van der Waals surface area contributed by atoms with E-state index in [0.717, 1.165) is 15.1 Å². The molecule has 0 aliphatic heterocycles. The second-order valence-corrected chi connectivity index (χ2v) is 8.18. The van der Waals surface area contributed by atoms with Crippen LogP contribution >= 0.6 is 11.3 Å². The zero-order valence-corrected chi connectivity index (χ0v) is 16.3. The molecular formula is C19H20F3N5OS. The summed E-state index contributed by atoms with van der Waals surface area (Å²) in [7, 11) is 0. The second kappa shape index (κ2) is 8.11. The van der Waals surface area contributed by atoms with E-state index in [1.54, 1.807) is 18.7 Å². The van der Waals surface area contributed by atoms with Gasteiger partial charge in [-0.05, 0) is 43.2 Å². The average Bonchev–Trinajstić information content (AvgIpc) is 3.35. The number of aromatic nitrogens is 3. The van der Waals surface area contributed by atoms with Crippen molar-refractivity contribution in [2.75, 3.05) is 6.54 Å². The van der Waals surface area contributed by atoms with Crippen LogP contribution in [0.15, 0.2) is 37.1 Å². The van der Waals surface area contributed by atoms with E-state index in [0.29, 0.717) is 31.4 Å². The highest BCUT2D eigenvalue weighted by molar-refractivity contribution is 7.21. The van der Waals surface area contributed by atoms with Crippen molar-refractivity contribution in [2.24, 2.45) is 0 Å². The Bertz CT molecular complexity index is 978. The van der Waals surface area contributed by atoms with Crippen molar-refractivity contribution in [3.05, 3.63) is 42.7 Å². The van der Waals surface area contributed by atoms with Gasteiger partial charge in [0.25, 0.3) is 5.91 Å². The molecule has 0 saturated heterocycles. The fourth-order valence-corrected chi connectivity index (χ4v) is 4.68. The molecule has 3 aromatic rings.